The number of aromatic amines is 1. The number of amides is 11. The summed E-state index contributed by atoms with van der Waals surface area (Å²) in [5.41, 5.74) is 22.7. The van der Waals surface area contributed by atoms with Gasteiger partial charge in [0.25, 0.3) is 0 Å². The first-order valence-electron chi connectivity index (χ1n) is 24.0. The van der Waals surface area contributed by atoms with Crippen molar-refractivity contribution in [2.24, 2.45) is 28.9 Å². The number of aliphatic carboxylic acids is 1. The van der Waals surface area contributed by atoms with Gasteiger partial charge in [0, 0.05) is 42.9 Å². The van der Waals surface area contributed by atoms with E-state index in [1.165, 1.54) is 11.8 Å². The Bertz CT molecular complexity index is 2410. The van der Waals surface area contributed by atoms with Crippen molar-refractivity contribution in [2.45, 2.75) is 139 Å². The molecule has 1 aromatic heterocycles. The fraction of sp³-hybridized carbons (Fsp3) is 0.565. The van der Waals surface area contributed by atoms with Crippen molar-refractivity contribution < 1.29 is 78.0 Å². The number of carboxylic acids is 1. The molecule has 0 radical (unpaired) electrons. The fourth-order valence-electron chi connectivity index (χ4n) is 7.99. The Morgan fingerprint density at radius 1 is 0.667 bits per heavy atom. The molecule has 1 fully saturated rings. The van der Waals surface area contributed by atoms with Crippen LogP contribution in [0.1, 0.15) is 77.7 Å². The maximum absolute atomic E-state index is 14.6. The fourth-order valence-corrected chi connectivity index (χ4v) is 7.99. The van der Waals surface area contributed by atoms with Crippen molar-refractivity contribution in [3.05, 3.63) is 36.0 Å². The van der Waals surface area contributed by atoms with Gasteiger partial charge >= 0.3 is 5.97 Å². The van der Waals surface area contributed by atoms with Crippen LogP contribution in [0, 0.1) is 5.92 Å². The van der Waals surface area contributed by atoms with Gasteiger partial charge in [-0.1, -0.05) is 32.0 Å². The molecule has 0 aliphatic carbocycles. The van der Waals surface area contributed by atoms with Gasteiger partial charge in [0.15, 0.2) is 6.04 Å². The van der Waals surface area contributed by atoms with E-state index in [1.807, 2.05) is 0 Å². The summed E-state index contributed by atoms with van der Waals surface area (Å²) >= 11 is 0. The molecule has 10 atom stereocenters. The van der Waals surface area contributed by atoms with Crippen molar-refractivity contribution in [1.29, 1.82) is 0 Å². The van der Waals surface area contributed by atoms with Crippen LogP contribution < -0.4 is 60.2 Å². The zero-order valence-corrected chi connectivity index (χ0v) is 41.7. The number of H-pyrrole nitrogens is 1. The molecular formula is C46H69N13O16. The van der Waals surface area contributed by atoms with Gasteiger partial charge in [0.1, 0.15) is 42.3 Å². The number of aliphatic hydroxyl groups excluding tert-OH is 3. The molecule has 0 unspecified atom stereocenters. The summed E-state index contributed by atoms with van der Waals surface area (Å²) in [6.07, 6.45) is -1.98. The van der Waals surface area contributed by atoms with Gasteiger partial charge in [0.05, 0.1) is 31.8 Å². The Labute approximate surface area is 429 Å². The number of nitrogens with zero attached hydrogens (tertiary/aromatic N) is 1. The molecule has 11 amide bonds. The number of carboxylic acid groups (broad SMARTS) is 1. The lowest BCUT2D eigenvalue weighted by Gasteiger charge is -2.31. The summed E-state index contributed by atoms with van der Waals surface area (Å²) in [7, 11) is 0. The highest BCUT2D eigenvalue weighted by atomic mass is 16.4. The number of carbonyl (C=O) groups is 12. The number of hydrogen-bond donors (Lipinski definition) is 16. The number of nitrogens with one attached hydrogen (secondary N) is 8. The summed E-state index contributed by atoms with van der Waals surface area (Å²) in [4.78, 5) is 160. The number of primary amides is 3. The van der Waals surface area contributed by atoms with Crippen molar-refractivity contribution in [3.63, 3.8) is 0 Å². The summed E-state index contributed by atoms with van der Waals surface area (Å²) in [6.45, 7) is 2.39. The second-order valence-corrected chi connectivity index (χ2v) is 18.5. The Morgan fingerprint density at radius 3 is 1.73 bits per heavy atom. The van der Waals surface area contributed by atoms with Crippen molar-refractivity contribution in [3.8, 4) is 0 Å². The van der Waals surface area contributed by atoms with Crippen molar-refractivity contribution >= 4 is 81.9 Å². The van der Waals surface area contributed by atoms with Crippen LogP contribution in [-0.4, -0.2) is 181 Å². The maximum atomic E-state index is 14.6. The van der Waals surface area contributed by atoms with E-state index in [9.17, 15) is 78.0 Å². The molecule has 2 aromatic rings. The molecule has 1 saturated heterocycles. The third-order valence-electron chi connectivity index (χ3n) is 12.0. The molecule has 0 bridgehead atoms. The first-order valence-corrected chi connectivity index (χ1v) is 24.0. The van der Waals surface area contributed by atoms with E-state index in [4.69, 9.17) is 22.9 Å². The normalized spacial score (nSPS) is 16.9. The van der Waals surface area contributed by atoms with Crippen LogP contribution in [0.2, 0.25) is 0 Å². The number of hydrogen-bond acceptors (Lipinski definition) is 16. The van der Waals surface area contributed by atoms with E-state index in [-0.39, 0.29) is 44.6 Å². The van der Waals surface area contributed by atoms with Gasteiger partial charge in [-0.25, -0.2) is 4.79 Å². The summed E-state index contributed by atoms with van der Waals surface area (Å²) in [5, 5.41) is 56.8. The smallest absolute Gasteiger partial charge is 0.328 e. The largest absolute Gasteiger partial charge is 0.480 e. The molecule has 1 aliphatic heterocycles. The van der Waals surface area contributed by atoms with Crippen LogP contribution in [-0.2, 0) is 64.0 Å². The van der Waals surface area contributed by atoms with Gasteiger partial charge in [-0.2, -0.15) is 0 Å². The van der Waals surface area contributed by atoms with E-state index in [0.717, 1.165) is 0 Å². The highest BCUT2D eigenvalue weighted by molar-refractivity contribution is 6.00. The van der Waals surface area contributed by atoms with Gasteiger partial charge in [-0.05, 0) is 56.6 Å². The van der Waals surface area contributed by atoms with E-state index in [2.05, 4.69) is 42.2 Å². The van der Waals surface area contributed by atoms with Gasteiger partial charge in [-0.3, -0.25) is 52.7 Å². The number of carbonyl (C=O) groups excluding carboxylic acids is 11. The Hall–Kier alpha value is -7.76. The van der Waals surface area contributed by atoms with Crippen LogP contribution in [0.15, 0.2) is 30.5 Å². The molecule has 414 valence electrons. The average molecular weight is 1060 g/mol. The summed E-state index contributed by atoms with van der Waals surface area (Å²) < 4.78 is 0. The van der Waals surface area contributed by atoms with Crippen LogP contribution in [0.4, 0.5) is 0 Å². The topological polar surface area (TPSA) is 493 Å². The number of aromatic nitrogens is 1. The first-order chi connectivity index (χ1) is 35.3. The molecule has 29 heteroatoms. The third kappa shape index (κ3) is 18.9. The lowest BCUT2D eigenvalue weighted by Crippen LogP contribution is -2.61. The highest BCUT2D eigenvalue weighted by Gasteiger charge is 2.41. The Kier molecular flexibility index (Phi) is 24.0. The summed E-state index contributed by atoms with van der Waals surface area (Å²) in [6, 6.07) is -7.38. The van der Waals surface area contributed by atoms with Crippen LogP contribution >= 0.6 is 0 Å². The minimum atomic E-state index is -1.94. The predicted molar refractivity (Wildman–Crippen MR) is 262 cm³/mol. The SMILES string of the molecule is CC(C)C[C@H](NC(=O)[C@@H]1CCCN1C(=O)[C@H](Cc1c[nH]c2ccccc12)NC(=O)[C@H](CO)NC(=O)[C@H](CC(N)=O)NC(=O)[C@H](CO)NC(=O)[C@H](CCC(N)=O)NC(=O)[C@@H](N)CCC(N)=O)C(=O)N[C@H](C(=O)O)[C@@H](C)O. The predicted octanol–water partition coefficient (Wildman–Crippen LogP) is -6.68. The molecule has 0 saturated carbocycles. The Balaban J connectivity index is 1.86. The minimum absolute atomic E-state index is 0.000520. The van der Waals surface area contributed by atoms with Gasteiger partial charge in [0.2, 0.25) is 65.0 Å². The zero-order valence-electron chi connectivity index (χ0n) is 41.7. The quantitative estimate of drug-likeness (QED) is 0.0334. The molecule has 2 heterocycles. The minimum Gasteiger partial charge on any atom is -0.480 e. The number of nitrogens with two attached hydrogens (primary N) is 4. The molecule has 0 spiro atoms. The van der Waals surface area contributed by atoms with Crippen LogP contribution in [0.25, 0.3) is 10.9 Å². The zero-order chi connectivity index (χ0) is 56.3. The van der Waals surface area contributed by atoms with Gasteiger partial charge in [-0.15, -0.1) is 0 Å². The number of fused-ring (bicyclic) bond motifs is 1. The molecule has 20 N–H and O–H groups in total. The number of benzene rings is 1. The molecular weight excluding hydrogens is 991 g/mol. The monoisotopic (exact) mass is 1060 g/mol. The van der Waals surface area contributed by atoms with E-state index in [0.29, 0.717) is 22.9 Å². The lowest BCUT2D eigenvalue weighted by atomic mass is 10.0. The van der Waals surface area contributed by atoms with Crippen LogP contribution in [0.5, 0.6) is 0 Å². The number of aliphatic hydroxyl groups is 3. The third-order valence-corrected chi connectivity index (χ3v) is 12.0. The molecule has 1 aromatic carbocycles. The summed E-state index contributed by atoms with van der Waals surface area (Å²) in [5.74, 6) is -12.8. The van der Waals surface area contributed by atoms with E-state index < -0.39 is 164 Å². The number of likely N-dealkylation sites (tertiary alicyclic amines) is 1. The second kappa shape index (κ2) is 29.2. The van der Waals surface area contributed by atoms with Crippen molar-refractivity contribution in [2.75, 3.05) is 19.8 Å². The Morgan fingerprint density at radius 2 is 1.19 bits per heavy atom. The van der Waals surface area contributed by atoms with Crippen LogP contribution in [0.3, 0.4) is 0 Å². The van der Waals surface area contributed by atoms with Gasteiger partial charge < -0.3 is 90.5 Å². The average Bonchev–Trinajstić information content (AvgIpc) is 4.00. The second-order valence-electron chi connectivity index (χ2n) is 18.5. The highest BCUT2D eigenvalue weighted by Crippen LogP contribution is 2.24. The maximum Gasteiger partial charge on any atom is 0.328 e. The standard InChI is InChI=1S/C46H69N13O16/c1-21(2)15-28(41(69)58-37(22(3)62)46(74)75)54-44(72)33-9-6-14-59(33)45(73)30(16-23-18-51-26-8-5-4-7-24(23)26)55-43(71)32(20-61)57-40(68)29(17-36(50)65)53-42(70)31(19-60)56-39(67)27(11-13-35(49)64)52-38(66)25(47)10-12-34(48)63/h4-5,7-8,18,21-22,25,27-33,37,51,60-62H,6,9-17,19-20,47H2,1-3H3,(H2,48,63)(H2,49,64)(H2,50,65)(H,52,66)(H,53,70)(H,54,72)(H,55,71)(H,56,67)(H,57,68)(H,58,69)(H,74,75)/t22-,25+,27+,28+,29+,30+,31+,32+,33+,37+/m1/s1. The van der Waals surface area contributed by atoms with E-state index in [1.54, 1.807) is 44.3 Å². The van der Waals surface area contributed by atoms with Crippen molar-refractivity contribution in [1.82, 2.24) is 47.1 Å². The molecule has 1 aliphatic rings. The lowest BCUT2D eigenvalue weighted by molar-refractivity contribution is -0.146. The van der Waals surface area contributed by atoms with E-state index >= 15 is 0 Å². The number of para-hydroxylation sites is 1. The number of rotatable bonds is 31. The molecule has 75 heavy (non-hydrogen) atoms. The first kappa shape index (κ1) is 61.5. The molecule has 3 rings (SSSR count). The molecule has 29 nitrogen and oxygen atoms in total.